The van der Waals surface area contributed by atoms with Crippen molar-refractivity contribution in [1.82, 2.24) is 20.1 Å². The lowest BCUT2D eigenvalue weighted by molar-refractivity contribution is -0.118. The predicted molar refractivity (Wildman–Crippen MR) is 104 cm³/mol. The molecule has 2 aliphatic rings. The largest absolute Gasteiger partial charge is 0.355 e. The molecule has 1 amide bonds. The lowest BCUT2D eigenvalue weighted by atomic mass is 10.2. The third-order valence-electron chi connectivity index (χ3n) is 5.09. The van der Waals surface area contributed by atoms with E-state index < -0.39 is 0 Å². The van der Waals surface area contributed by atoms with Crippen LogP contribution in [0.2, 0.25) is 5.02 Å². The fraction of sp³-hybridized carbons (Fsp3) is 0.526. The zero-order chi connectivity index (χ0) is 17.9. The zero-order valence-electron chi connectivity index (χ0n) is 14.7. The van der Waals surface area contributed by atoms with Crippen molar-refractivity contribution in [3.8, 4) is 11.4 Å². The summed E-state index contributed by atoms with van der Waals surface area (Å²) in [6.07, 6.45) is 7.16. The molecule has 0 unspecified atom stereocenters. The van der Waals surface area contributed by atoms with Crippen molar-refractivity contribution < 1.29 is 4.79 Å². The van der Waals surface area contributed by atoms with Gasteiger partial charge in [-0.15, -0.1) is 10.2 Å². The van der Waals surface area contributed by atoms with Crippen LogP contribution in [-0.2, 0) is 4.79 Å². The SMILES string of the molecule is O=C(CSc1nnc(-c2ccccc2Cl)n1C1CCCC1)NCC1CC1. The van der Waals surface area contributed by atoms with E-state index in [9.17, 15) is 4.79 Å². The van der Waals surface area contributed by atoms with E-state index in [0.717, 1.165) is 35.9 Å². The van der Waals surface area contributed by atoms with E-state index in [0.29, 0.717) is 22.7 Å². The number of amides is 1. The number of aromatic nitrogens is 3. The molecule has 2 fully saturated rings. The van der Waals surface area contributed by atoms with Crippen LogP contribution < -0.4 is 5.32 Å². The molecule has 2 aromatic rings. The summed E-state index contributed by atoms with van der Waals surface area (Å²) in [6, 6.07) is 8.13. The summed E-state index contributed by atoms with van der Waals surface area (Å²) in [5.74, 6) is 1.95. The third kappa shape index (κ3) is 4.07. The van der Waals surface area contributed by atoms with Gasteiger partial charge in [-0.3, -0.25) is 9.36 Å². The Bertz CT molecular complexity index is 784. The summed E-state index contributed by atoms with van der Waals surface area (Å²) in [5.41, 5.74) is 0.901. The highest BCUT2D eigenvalue weighted by Gasteiger charge is 2.26. The van der Waals surface area contributed by atoms with Gasteiger partial charge in [0.2, 0.25) is 5.91 Å². The number of hydrogen-bond donors (Lipinski definition) is 1. The molecule has 0 spiro atoms. The van der Waals surface area contributed by atoms with Gasteiger partial charge in [0, 0.05) is 18.2 Å². The zero-order valence-corrected chi connectivity index (χ0v) is 16.2. The van der Waals surface area contributed by atoms with Crippen molar-refractivity contribution in [3.05, 3.63) is 29.3 Å². The first kappa shape index (κ1) is 17.9. The second-order valence-electron chi connectivity index (χ2n) is 7.13. The average Bonchev–Trinajstić information content (AvgIpc) is 3.15. The van der Waals surface area contributed by atoms with Gasteiger partial charge in [0.1, 0.15) is 0 Å². The van der Waals surface area contributed by atoms with Gasteiger partial charge < -0.3 is 5.32 Å². The van der Waals surface area contributed by atoms with E-state index >= 15 is 0 Å². The van der Waals surface area contributed by atoms with Crippen LogP contribution in [0.5, 0.6) is 0 Å². The van der Waals surface area contributed by atoms with Gasteiger partial charge >= 0.3 is 0 Å². The maximum atomic E-state index is 12.1. The van der Waals surface area contributed by atoms with Crippen molar-refractivity contribution in [1.29, 1.82) is 0 Å². The molecule has 2 saturated carbocycles. The Kier molecular flexibility index (Phi) is 5.50. The molecule has 1 aromatic carbocycles. The Labute approximate surface area is 162 Å². The van der Waals surface area contributed by atoms with Gasteiger partial charge in [-0.2, -0.15) is 0 Å². The monoisotopic (exact) mass is 390 g/mol. The number of nitrogens with zero attached hydrogens (tertiary/aromatic N) is 3. The molecule has 0 bridgehead atoms. The number of carbonyl (C=O) groups excluding carboxylic acids is 1. The minimum Gasteiger partial charge on any atom is -0.355 e. The minimum absolute atomic E-state index is 0.0714. The van der Waals surface area contributed by atoms with Crippen molar-refractivity contribution in [2.24, 2.45) is 5.92 Å². The number of halogens is 1. The summed E-state index contributed by atoms with van der Waals surface area (Å²) in [4.78, 5) is 12.1. The molecular weight excluding hydrogens is 368 g/mol. The molecule has 1 aromatic heterocycles. The molecule has 4 rings (SSSR count). The number of thioether (sulfide) groups is 1. The maximum absolute atomic E-state index is 12.1. The highest BCUT2D eigenvalue weighted by atomic mass is 35.5. The van der Waals surface area contributed by atoms with Crippen LogP contribution in [0.3, 0.4) is 0 Å². The van der Waals surface area contributed by atoms with Crippen LogP contribution in [0.15, 0.2) is 29.4 Å². The fourth-order valence-corrected chi connectivity index (χ4v) is 4.51. The van der Waals surface area contributed by atoms with Crippen LogP contribution in [0.25, 0.3) is 11.4 Å². The van der Waals surface area contributed by atoms with Crippen molar-refractivity contribution >= 4 is 29.3 Å². The van der Waals surface area contributed by atoms with E-state index in [2.05, 4.69) is 20.1 Å². The summed E-state index contributed by atoms with van der Waals surface area (Å²) in [7, 11) is 0. The first-order chi connectivity index (χ1) is 12.7. The number of hydrogen-bond acceptors (Lipinski definition) is 4. The Hall–Kier alpha value is -1.53. The average molecular weight is 391 g/mol. The van der Waals surface area contributed by atoms with Gasteiger partial charge in [0.15, 0.2) is 11.0 Å². The highest BCUT2D eigenvalue weighted by Crippen LogP contribution is 2.38. The van der Waals surface area contributed by atoms with Gasteiger partial charge in [-0.25, -0.2) is 0 Å². The maximum Gasteiger partial charge on any atom is 0.230 e. The van der Waals surface area contributed by atoms with Crippen LogP contribution in [0.4, 0.5) is 0 Å². The van der Waals surface area contributed by atoms with E-state index in [-0.39, 0.29) is 5.91 Å². The van der Waals surface area contributed by atoms with E-state index in [1.165, 1.54) is 37.4 Å². The molecule has 0 atom stereocenters. The van der Waals surface area contributed by atoms with Gasteiger partial charge in [0.25, 0.3) is 0 Å². The smallest absolute Gasteiger partial charge is 0.230 e. The van der Waals surface area contributed by atoms with Gasteiger partial charge in [-0.05, 0) is 43.7 Å². The molecular formula is C19H23ClN4OS. The number of nitrogens with one attached hydrogen (secondary N) is 1. The number of carbonyl (C=O) groups is 1. The first-order valence-corrected chi connectivity index (χ1v) is 10.7. The van der Waals surface area contributed by atoms with Gasteiger partial charge in [-0.1, -0.05) is 48.3 Å². The lowest BCUT2D eigenvalue weighted by Crippen LogP contribution is -2.27. The van der Waals surface area contributed by atoms with Crippen molar-refractivity contribution in [2.45, 2.75) is 49.7 Å². The summed E-state index contributed by atoms with van der Waals surface area (Å²) < 4.78 is 2.20. The van der Waals surface area contributed by atoms with E-state index in [4.69, 9.17) is 11.6 Å². The van der Waals surface area contributed by atoms with Crippen molar-refractivity contribution in [3.63, 3.8) is 0 Å². The minimum atomic E-state index is 0.0714. The molecule has 1 N–H and O–H groups in total. The molecule has 2 aliphatic carbocycles. The molecule has 7 heteroatoms. The summed E-state index contributed by atoms with van der Waals surface area (Å²) in [5, 5.41) is 13.3. The second-order valence-corrected chi connectivity index (χ2v) is 8.48. The Balaban J connectivity index is 1.54. The normalized spacial score (nSPS) is 17.6. The molecule has 0 radical (unpaired) electrons. The molecule has 0 aliphatic heterocycles. The molecule has 0 saturated heterocycles. The van der Waals surface area contributed by atoms with Crippen LogP contribution in [0, 0.1) is 5.92 Å². The van der Waals surface area contributed by atoms with Gasteiger partial charge in [0.05, 0.1) is 10.8 Å². The molecule has 26 heavy (non-hydrogen) atoms. The van der Waals surface area contributed by atoms with E-state index in [1.54, 1.807) is 0 Å². The molecule has 1 heterocycles. The topological polar surface area (TPSA) is 59.8 Å². The first-order valence-electron chi connectivity index (χ1n) is 9.31. The molecule has 138 valence electrons. The predicted octanol–water partition coefficient (Wildman–Crippen LogP) is 4.33. The lowest BCUT2D eigenvalue weighted by Gasteiger charge is -2.17. The van der Waals surface area contributed by atoms with Crippen molar-refractivity contribution in [2.75, 3.05) is 12.3 Å². The standard InChI is InChI=1S/C19H23ClN4OS/c20-16-8-4-3-7-15(16)18-22-23-19(24(18)14-5-1-2-6-14)26-12-17(25)21-11-13-9-10-13/h3-4,7-8,13-14H,1-2,5-6,9-12H2,(H,21,25). The highest BCUT2D eigenvalue weighted by molar-refractivity contribution is 7.99. The number of rotatable bonds is 7. The van der Waals surface area contributed by atoms with E-state index in [1.807, 2.05) is 24.3 Å². The van der Waals surface area contributed by atoms with Crippen LogP contribution in [0.1, 0.15) is 44.6 Å². The Morgan fingerprint density at radius 3 is 2.69 bits per heavy atom. The fourth-order valence-electron chi connectivity index (χ4n) is 3.45. The number of benzene rings is 1. The second kappa shape index (κ2) is 8.01. The Morgan fingerprint density at radius 2 is 1.96 bits per heavy atom. The summed E-state index contributed by atoms with van der Waals surface area (Å²) >= 11 is 7.87. The van der Waals surface area contributed by atoms with Crippen LogP contribution >= 0.6 is 23.4 Å². The third-order valence-corrected chi connectivity index (χ3v) is 6.36. The molecule has 5 nitrogen and oxygen atoms in total. The summed E-state index contributed by atoms with van der Waals surface area (Å²) in [6.45, 7) is 0.805. The quantitative estimate of drug-likeness (QED) is 0.714. The van der Waals surface area contributed by atoms with Crippen LogP contribution in [-0.4, -0.2) is 33.0 Å². The Morgan fingerprint density at radius 1 is 1.19 bits per heavy atom.